The van der Waals surface area contributed by atoms with E-state index in [2.05, 4.69) is 49.4 Å². The Morgan fingerprint density at radius 1 is 1.10 bits per heavy atom. The Labute approximate surface area is 186 Å². The molecule has 1 aromatic rings. The minimum absolute atomic E-state index is 0.0553. The van der Waals surface area contributed by atoms with Crippen LogP contribution in [-0.4, -0.2) is 48.8 Å². The van der Waals surface area contributed by atoms with Crippen LogP contribution in [0.15, 0.2) is 4.42 Å². The Bertz CT molecular complexity index is 749. The Morgan fingerprint density at radius 3 is 2.13 bits per heavy atom. The van der Waals surface area contributed by atoms with Crippen molar-refractivity contribution >= 4 is 20.4 Å². The fraction of sp³-hybridized carbons (Fsp3) is 0.810. The van der Waals surface area contributed by atoms with E-state index in [-0.39, 0.29) is 29.3 Å². The highest BCUT2D eigenvalue weighted by atomic mass is 28.4. The fourth-order valence-corrected chi connectivity index (χ4v) is 3.67. The normalized spacial score (nSPS) is 14.8. The molecule has 1 heterocycles. The monoisotopic (exact) mass is 457 g/mol. The quantitative estimate of drug-likeness (QED) is 0.435. The molecule has 0 fully saturated rings. The standard InChI is InChI=1S/C21H39N3O6Si/c1-12-27-18(25)17-24-23-16(28-17)15(30-31(10,11)21(7,8)9)14(13(2)3)22-19(26)29-20(4,5)6/h13-15H,12H2,1-11H3,(H,22,26). The van der Waals surface area contributed by atoms with Crippen LogP contribution in [0, 0.1) is 5.92 Å². The first-order chi connectivity index (χ1) is 14.0. The second-order valence-corrected chi connectivity index (χ2v) is 15.1. The van der Waals surface area contributed by atoms with Gasteiger partial charge in [-0.2, -0.15) is 0 Å². The molecule has 0 spiro atoms. The van der Waals surface area contributed by atoms with Gasteiger partial charge in [-0.25, -0.2) is 9.59 Å². The number of carbonyl (C=O) groups is 2. The maximum absolute atomic E-state index is 12.6. The van der Waals surface area contributed by atoms with E-state index in [1.807, 2.05) is 13.8 Å². The number of alkyl carbamates (subject to hydrolysis) is 1. The third-order valence-corrected chi connectivity index (χ3v) is 9.55. The minimum atomic E-state index is -2.33. The molecular formula is C21H39N3O6Si. The summed E-state index contributed by atoms with van der Waals surface area (Å²) in [5.41, 5.74) is -0.650. The highest BCUT2D eigenvalue weighted by Crippen LogP contribution is 2.41. The average molecular weight is 458 g/mol. The Hall–Kier alpha value is -1.94. The lowest BCUT2D eigenvalue weighted by molar-refractivity contribution is 0.0335. The number of carbonyl (C=O) groups excluding carboxylic acids is 2. The molecule has 31 heavy (non-hydrogen) atoms. The van der Waals surface area contributed by atoms with Gasteiger partial charge in [0.15, 0.2) is 8.32 Å². The van der Waals surface area contributed by atoms with Gasteiger partial charge in [0.05, 0.1) is 12.6 Å². The average Bonchev–Trinajstić information content (AvgIpc) is 3.05. The molecule has 1 rings (SSSR count). The lowest BCUT2D eigenvalue weighted by Crippen LogP contribution is -2.50. The van der Waals surface area contributed by atoms with E-state index in [1.54, 1.807) is 27.7 Å². The molecule has 1 amide bonds. The van der Waals surface area contributed by atoms with Crippen molar-refractivity contribution in [2.45, 2.75) is 98.2 Å². The van der Waals surface area contributed by atoms with Gasteiger partial charge in [0.1, 0.15) is 11.7 Å². The van der Waals surface area contributed by atoms with E-state index in [9.17, 15) is 9.59 Å². The molecule has 0 aliphatic rings. The summed E-state index contributed by atoms with van der Waals surface area (Å²) in [4.78, 5) is 24.6. The number of ether oxygens (including phenoxy) is 2. The van der Waals surface area contributed by atoms with Crippen LogP contribution in [-0.2, 0) is 13.9 Å². The van der Waals surface area contributed by atoms with Crippen molar-refractivity contribution in [3.05, 3.63) is 11.8 Å². The number of rotatable bonds is 8. The molecule has 2 atom stereocenters. The molecule has 0 aliphatic heterocycles. The molecular weight excluding hydrogens is 418 g/mol. The highest BCUT2D eigenvalue weighted by Gasteiger charge is 2.44. The number of nitrogens with zero attached hydrogens (tertiary/aromatic N) is 2. The molecule has 1 N–H and O–H groups in total. The van der Waals surface area contributed by atoms with Crippen molar-refractivity contribution in [2.75, 3.05) is 6.61 Å². The third-order valence-electron chi connectivity index (χ3n) is 5.09. The van der Waals surface area contributed by atoms with Crippen molar-refractivity contribution in [3.63, 3.8) is 0 Å². The van der Waals surface area contributed by atoms with Crippen molar-refractivity contribution in [3.8, 4) is 0 Å². The first kappa shape index (κ1) is 27.1. The number of nitrogens with one attached hydrogen (secondary N) is 1. The summed E-state index contributed by atoms with van der Waals surface area (Å²) in [6.07, 6.45) is -1.33. The van der Waals surface area contributed by atoms with Crippen LogP contribution in [0.1, 0.15) is 85.0 Å². The lowest BCUT2D eigenvalue weighted by Gasteiger charge is -2.41. The van der Waals surface area contributed by atoms with Gasteiger partial charge >= 0.3 is 18.0 Å². The Balaban J connectivity index is 3.35. The van der Waals surface area contributed by atoms with E-state index in [0.717, 1.165) is 0 Å². The maximum atomic E-state index is 12.6. The zero-order valence-electron chi connectivity index (χ0n) is 20.8. The van der Waals surface area contributed by atoms with E-state index >= 15 is 0 Å². The Kier molecular flexibility index (Phi) is 8.84. The largest absolute Gasteiger partial charge is 0.459 e. The minimum Gasteiger partial charge on any atom is -0.459 e. The molecule has 0 saturated heterocycles. The van der Waals surface area contributed by atoms with E-state index in [4.69, 9.17) is 18.3 Å². The predicted molar refractivity (Wildman–Crippen MR) is 119 cm³/mol. The fourth-order valence-electron chi connectivity index (χ4n) is 2.43. The van der Waals surface area contributed by atoms with Gasteiger partial charge in [0, 0.05) is 0 Å². The van der Waals surface area contributed by atoms with E-state index in [0.29, 0.717) is 0 Å². The summed E-state index contributed by atoms with van der Waals surface area (Å²) in [5.74, 6) is -0.892. The van der Waals surface area contributed by atoms with Crippen molar-refractivity contribution < 1.29 is 27.9 Å². The number of aromatic nitrogens is 2. The molecule has 0 aromatic carbocycles. The topological polar surface area (TPSA) is 113 Å². The molecule has 9 nitrogen and oxygen atoms in total. The van der Waals surface area contributed by atoms with Gasteiger partial charge in [-0.3, -0.25) is 0 Å². The van der Waals surface area contributed by atoms with Crippen LogP contribution in [0.25, 0.3) is 0 Å². The summed E-state index contributed by atoms with van der Waals surface area (Å²) in [5, 5.41) is 10.7. The van der Waals surface area contributed by atoms with Crippen molar-refractivity contribution in [1.82, 2.24) is 15.5 Å². The van der Waals surface area contributed by atoms with Gasteiger partial charge in [-0.15, -0.1) is 10.2 Å². The number of hydrogen-bond donors (Lipinski definition) is 1. The molecule has 0 aliphatic carbocycles. The first-order valence-electron chi connectivity index (χ1n) is 10.7. The van der Waals surface area contributed by atoms with Gasteiger partial charge in [0.2, 0.25) is 5.89 Å². The van der Waals surface area contributed by atoms with Crippen LogP contribution in [0.2, 0.25) is 18.1 Å². The molecule has 0 radical (unpaired) electrons. The lowest BCUT2D eigenvalue weighted by atomic mass is 9.98. The SMILES string of the molecule is CCOC(=O)c1nnc(C(O[Si](C)(C)C(C)(C)C)C(NC(=O)OC(C)(C)C)C(C)C)o1. The molecule has 0 saturated carbocycles. The van der Waals surface area contributed by atoms with Crippen LogP contribution in [0.3, 0.4) is 0 Å². The first-order valence-corrected chi connectivity index (χ1v) is 13.6. The second kappa shape index (κ2) is 10.1. The van der Waals surface area contributed by atoms with Gasteiger partial charge in [0.25, 0.3) is 0 Å². The van der Waals surface area contributed by atoms with Gasteiger partial charge < -0.3 is 23.6 Å². The zero-order valence-corrected chi connectivity index (χ0v) is 21.8. The maximum Gasteiger partial charge on any atom is 0.407 e. The summed E-state index contributed by atoms with van der Waals surface area (Å²) < 4.78 is 22.6. The molecule has 0 bridgehead atoms. The third kappa shape index (κ3) is 7.92. The molecule has 178 valence electrons. The van der Waals surface area contributed by atoms with E-state index in [1.165, 1.54) is 0 Å². The summed E-state index contributed by atoms with van der Waals surface area (Å²) in [7, 11) is -2.33. The van der Waals surface area contributed by atoms with E-state index < -0.39 is 38.1 Å². The van der Waals surface area contributed by atoms with Crippen molar-refractivity contribution in [2.24, 2.45) is 5.92 Å². The van der Waals surface area contributed by atoms with Crippen LogP contribution in [0.5, 0.6) is 0 Å². The second-order valence-electron chi connectivity index (χ2n) is 10.4. The van der Waals surface area contributed by atoms with Crippen LogP contribution in [0.4, 0.5) is 4.79 Å². The summed E-state index contributed by atoms with van der Waals surface area (Å²) in [6.45, 7) is 21.7. The van der Waals surface area contributed by atoms with Crippen LogP contribution >= 0.6 is 0 Å². The Morgan fingerprint density at radius 2 is 1.68 bits per heavy atom. The smallest absolute Gasteiger partial charge is 0.407 e. The van der Waals surface area contributed by atoms with Crippen LogP contribution < -0.4 is 5.32 Å². The molecule has 10 heteroatoms. The summed E-state index contributed by atoms with van der Waals surface area (Å²) >= 11 is 0. The number of amides is 1. The van der Waals surface area contributed by atoms with Gasteiger partial charge in [-0.05, 0) is 51.7 Å². The molecule has 1 aromatic heterocycles. The highest BCUT2D eigenvalue weighted by molar-refractivity contribution is 6.74. The number of esters is 1. The zero-order chi connectivity index (χ0) is 24.2. The van der Waals surface area contributed by atoms with Crippen molar-refractivity contribution in [1.29, 1.82) is 0 Å². The number of hydrogen-bond acceptors (Lipinski definition) is 8. The summed E-state index contributed by atoms with van der Waals surface area (Å²) in [6, 6.07) is -0.528. The van der Waals surface area contributed by atoms with Gasteiger partial charge in [-0.1, -0.05) is 34.6 Å². The predicted octanol–water partition coefficient (Wildman–Crippen LogP) is 4.86. The molecule has 2 unspecified atom stereocenters.